The molecule has 0 radical (unpaired) electrons. The lowest BCUT2D eigenvalue weighted by molar-refractivity contribution is 0.0325. The highest BCUT2D eigenvalue weighted by Gasteiger charge is 2.05. The summed E-state index contributed by atoms with van der Waals surface area (Å²) in [7, 11) is 1.50. The van der Waals surface area contributed by atoms with Gasteiger partial charge < -0.3 is 20.3 Å². The zero-order chi connectivity index (χ0) is 12.0. The monoisotopic (exact) mass is 225 g/mol. The Morgan fingerprint density at radius 3 is 2.50 bits per heavy atom. The van der Waals surface area contributed by atoms with Crippen molar-refractivity contribution in [2.45, 2.75) is 6.10 Å². The summed E-state index contributed by atoms with van der Waals surface area (Å²) in [6.07, 6.45) is -0.666. The lowest BCUT2D eigenvalue weighted by atomic mass is 10.2. The summed E-state index contributed by atoms with van der Waals surface area (Å²) >= 11 is 0. The molecule has 1 aromatic rings. The van der Waals surface area contributed by atoms with E-state index in [1.54, 1.807) is 24.3 Å². The zero-order valence-electron chi connectivity index (χ0n) is 9.05. The zero-order valence-corrected chi connectivity index (χ0v) is 9.05. The standard InChI is InChI=1S/C11H15NO4/c1-15-6-9(13)7-16-10-4-2-8(3-5-10)11(12)14/h2-5,9,13H,6-7H2,1H3,(H2,12,14). The Kier molecular flexibility index (Phi) is 4.75. The lowest BCUT2D eigenvalue weighted by Gasteiger charge is -2.11. The summed E-state index contributed by atoms with van der Waals surface area (Å²) in [6.45, 7) is 0.364. The van der Waals surface area contributed by atoms with E-state index in [2.05, 4.69) is 0 Å². The molecule has 1 unspecified atom stereocenters. The summed E-state index contributed by atoms with van der Waals surface area (Å²) in [5, 5.41) is 9.33. The van der Waals surface area contributed by atoms with Gasteiger partial charge in [0.2, 0.25) is 5.91 Å². The highest BCUT2D eigenvalue weighted by Crippen LogP contribution is 2.12. The van der Waals surface area contributed by atoms with E-state index in [0.717, 1.165) is 0 Å². The number of hydrogen-bond donors (Lipinski definition) is 2. The van der Waals surface area contributed by atoms with E-state index in [1.807, 2.05) is 0 Å². The van der Waals surface area contributed by atoms with E-state index in [9.17, 15) is 9.90 Å². The highest BCUT2D eigenvalue weighted by atomic mass is 16.5. The number of aliphatic hydroxyl groups excluding tert-OH is 1. The molecular formula is C11H15NO4. The van der Waals surface area contributed by atoms with Gasteiger partial charge >= 0.3 is 0 Å². The van der Waals surface area contributed by atoms with Crippen LogP contribution in [0.1, 0.15) is 10.4 Å². The number of hydrogen-bond acceptors (Lipinski definition) is 4. The number of carbonyl (C=O) groups is 1. The summed E-state index contributed by atoms with van der Waals surface area (Å²) in [4.78, 5) is 10.8. The predicted octanol–water partition coefficient (Wildman–Crippen LogP) is 0.172. The van der Waals surface area contributed by atoms with Crippen LogP contribution in [0.3, 0.4) is 0 Å². The van der Waals surface area contributed by atoms with Gasteiger partial charge in [0, 0.05) is 12.7 Å². The van der Waals surface area contributed by atoms with Crippen LogP contribution in [0.5, 0.6) is 5.75 Å². The van der Waals surface area contributed by atoms with Crippen molar-refractivity contribution >= 4 is 5.91 Å². The number of ether oxygens (including phenoxy) is 2. The molecule has 1 rings (SSSR count). The molecule has 1 atom stereocenters. The molecule has 0 aromatic heterocycles. The Labute approximate surface area is 93.8 Å². The number of methoxy groups -OCH3 is 1. The maximum Gasteiger partial charge on any atom is 0.248 e. The first kappa shape index (κ1) is 12.5. The number of nitrogens with two attached hydrogens (primary N) is 1. The number of rotatable bonds is 6. The van der Waals surface area contributed by atoms with Gasteiger partial charge in [0.05, 0.1) is 6.61 Å². The van der Waals surface area contributed by atoms with Crippen LogP contribution >= 0.6 is 0 Å². The quantitative estimate of drug-likeness (QED) is 0.723. The number of primary amides is 1. The number of amides is 1. The van der Waals surface area contributed by atoms with E-state index in [0.29, 0.717) is 11.3 Å². The first-order valence-corrected chi connectivity index (χ1v) is 4.83. The van der Waals surface area contributed by atoms with Crippen molar-refractivity contribution < 1.29 is 19.4 Å². The molecule has 0 spiro atoms. The normalized spacial score (nSPS) is 12.1. The number of aliphatic hydroxyl groups is 1. The minimum Gasteiger partial charge on any atom is -0.491 e. The van der Waals surface area contributed by atoms with Crippen LogP contribution in [0, 0.1) is 0 Å². The molecule has 0 aliphatic carbocycles. The molecule has 0 aliphatic rings. The Bertz CT molecular complexity index is 336. The Morgan fingerprint density at radius 1 is 1.38 bits per heavy atom. The van der Waals surface area contributed by atoms with Gasteiger partial charge in [-0.1, -0.05) is 0 Å². The summed E-state index contributed by atoms with van der Waals surface area (Å²) in [6, 6.07) is 6.39. The molecule has 5 heteroatoms. The molecule has 5 nitrogen and oxygen atoms in total. The van der Waals surface area contributed by atoms with Crippen LogP contribution < -0.4 is 10.5 Å². The second-order valence-electron chi connectivity index (χ2n) is 3.31. The minimum absolute atomic E-state index is 0.143. The molecule has 1 aromatic carbocycles. The minimum atomic E-state index is -0.666. The smallest absolute Gasteiger partial charge is 0.248 e. The van der Waals surface area contributed by atoms with Crippen LogP contribution in [0.15, 0.2) is 24.3 Å². The van der Waals surface area contributed by atoms with Gasteiger partial charge in [-0.2, -0.15) is 0 Å². The van der Waals surface area contributed by atoms with E-state index in [-0.39, 0.29) is 13.2 Å². The second-order valence-corrected chi connectivity index (χ2v) is 3.31. The first-order valence-electron chi connectivity index (χ1n) is 4.83. The van der Waals surface area contributed by atoms with Gasteiger partial charge in [0.15, 0.2) is 0 Å². The van der Waals surface area contributed by atoms with E-state index < -0.39 is 12.0 Å². The van der Waals surface area contributed by atoms with Crippen LogP contribution in [0.4, 0.5) is 0 Å². The largest absolute Gasteiger partial charge is 0.491 e. The Balaban J connectivity index is 2.46. The number of benzene rings is 1. The molecule has 0 saturated carbocycles. The number of carbonyl (C=O) groups excluding carboxylic acids is 1. The Morgan fingerprint density at radius 2 is 2.00 bits per heavy atom. The summed E-state index contributed by atoms with van der Waals surface area (Å²) in [5.74, 6) is 0.0890. The van der Waals surface area contributed by atoms with E-state index in [4.69, 9.17) is 15.2 Å². The van der Waals surface area contributed by atoms with Crippen LogP contribution in [0.25, 0.3) is 0 Å². The molecule has 0 aliphatic heterocycles. The summed E-state index contributed by atoms with van der Waals surface area (Å²) < 4.78 is 10.0. The van der Waals surface area contributed by atoms with Crippen molar-refractivity contribution in [3.05, 3.63) is 29.8 Å². The molecule has 0 fully saturated rings. The Hall–Kier alpha value is -1.59. The van der Waals surface area contributed by atoms with Crippen molar-refractivity contribution in [2.24, 2.45) is 5.73 Å². The third-order valence-corrected chi connectivity index (χ3v) is 1.94. The summed E-state index contributed by atoms with van der Waals surface area (Å²) in [5.41, 5.74) is 5.51. The van der Waals surface area contributed by atoms with Crippen molar-refractivity contribution in [1.29, 1.82) is 0 Å². The average molecular weight is 225 g/mol. The first-order chi connectivity index (χ1) is 7.63. The third-order valence-electron chi connectivity index (χ3n) is 1.94. The van der Waals surface area contributed by atoms with Crippen LogP contribution in [0.2, 0.25) is 0 Å². The van der Waals surface area contributed by atoms with Gasteiger partial charge in [-0.15, -0.1) is 0 Å². The van der Waals surface area contributed by atoms with E-state index >= 15 is 0 Å². The molecule has 0 heterocycles. The van der Waals surface area contributed by atoms with Crippen LogP contribution in [-0.2, 0) is 4.74 Å². The van der Waals surface area contributed by atoms with Crippen molar-refractivity contribution in [2.75, 3.05) is 20.3 Å². The molecule has 1 amide bonds. The third kappa shape index (κ3) is 3.88. The molecule has 16 heavy (non-hydrogen) atoms. The molecule has 88 valence electrons. The fourth-order valence-corrected chi connectivity index (χ4v) is 1.15. The maximum atomic E-state index is 10.8. The predicted molar refractivity (Wildman–Crippen MR) is 58.3 cm³/mol. The highest BCUT2D eigenvalue weighted by molar-refractivity contribution is 5.92. The topological polar surface area (TPSA) is 81.8 Å². The molecule has 0 bridgehead atoms. The molecule has 0 saturated heterocycles. The van der Waals surface area contributed by atoms with Gasteiger partial charge in [-0.25, -0.2) is 0 Å². The fraction of sp³-hybridized carbons (Fsp3) is 0.364. The fourth-order valence-electron chi connectivity index (χ4n) is 1.15. The average Bonchev–Trinajstić information content (AvgIpc) is 2.27. The van der Waals surface area contributed by atoms with Gasteiger partial charge in [0.1, 0.15) is 18.5 Å². The molecule has 3 N–H and O–H groups in total. The van der Waals surface area contributed by atoms with Gasteiger partial charge in [-0.3, -0.25) is 4.79 Å². The van der Waals surface area contributed by atoms with Crippen molar-refractivity contribution in [1.82, 2.24) is 0 Å². The van der Waals surface area contributed by atoms with Gasteiger partial charge in [0.25, 0.3) is 0 Å². The van der Waals surface area contributed by atoms with Crippen molar-refractivity contribution in [3.8, 4) is 5.75 Å². The van der Waals surface area contributed by atoms with Crippen molar-refractivity contribution in [3.63, 3.8) is 0 Å². The lowest BCUT2D eigenvalue weighted by Crippen LogP contribution is -2.22. The molecular weight excluding hydrogens is 210 g/mol. The second kappa shape index (κ2) is 6.09. The van der Waals surface area contributed by atoms with Crippen LogP contribution in [-0.4, -0.2) is 37.4 Å². The SMILES string of the molecule is COCC(O)COc1ccc(C(N)=O)cc1. The van der Waals surface area contributed by atoms with Gasteiger partial charge in [-0.05, 0) is 24.3 Å². The van der Waals surface area contributed by atoms with E-state index in [1.165, 1.54) is 7.11 Å². The maximum absolute atomic E-state index is 10.8.